The Morgan fingerprint density at radius 1 is 1.56 bits per heavy atom. The maximum Gasteiger partial charge on any atom is 0.251 e. The Balaban J connectivity index is 2.40. The van der Waals surface area contributed by atoms with Crippen molar-refractivity contribution in [2.75, 3.05) is 12.3 Å². The van der Waals surface area contributed by atoms with Gasteiger partial charge in [-0.15, -0.1) is 0 Å². The molecular formula is C11H19N3OS. The fraction of sp³-hybridized carbons (Fsp3) is 0.636. The normalized spacial score (nSPS) is 12.6. The summed E-state index contributed by atoms with van der Waals surface area (Å²) < 4.78 is 0. The van der Waals surface area contributed by atoms with Crippen LogP contribution in [0.4, 0.5) is 0 Å². The Morgan fingerprint density at radius 2 is 2.38 bits per heavy atom. The summed E-state index contributed by atoms with van der Waals surface area (Å²) in [6.07, 6.45) is 3.77. The van der Waals surface area contributed by atoms with E-state index in [0.717, 1.165) is 25.1 Å². The number of hydrogen-bond acceptors (Lipinski definition) is 4. The Bertz CT molecular complexity index is 353. The van der Waals surface area contributed by atoms with Gasteiger partial charge in [0.25, 0.3) is 5.56 Å². The molecule has 0 bridgehead atoms. The third-order valence-electron chi connectivity index (χ3n) is 2.24. The molecule has 16 heavy (non-hydrogen) atoms. The Labute approximate surface area is 100 Å². The molecule has 1 unspecified atom stereocenters. The van der Waals surface area contributed by atoms with Crippen LogP contribution in [0.15, 0.2) is 22.2 Å². The van der Waals surface area contributed by atoms with Crippen molar-refractivity contribution >= 4 is 11.8 Å². The molecule has 0 saturated carbocycles. The number of rotatable bonds is 7. The van der Waals surface area contributed by atoms with Gasteiger partial charge in [-0.05, 0) is 19.4 Å². The van der Waals surface area contributed by atoms with Gasteiger partial charge in [0.2, 0.25) is 0 Å². The number of H-pyrrole nitrogens is 1. The third kappa shape index (κ3) is 4.81. The number of aromatic amines is 1. The summed E-state index contributed by atoms with van der Waals surface area (Å²) in [6, 6.07) is 1.91. The van der Waals surface area contributed by atoms with Gasteiger partial charge < -0.3 is 10.3 Å². The highest BCUT2D eigenvalue weighted by molar-refractivity contribution is 7.99. The Kier molecular flexibility index (Phi) is 6.18. The first kappa shape index (κ1) is 13.3. The van der Waals surface area contributed by atoms with Crippen molar-refractivity contribution in [3.8, 4) is 0 Å². The maximum absolute atomic E-state index is 11.1. The van der Waals surface area contributed by atoms with Gasteiger partial charge in [0.1, 0.15) is 0 Å². The monoisotopic (exact) mass is 241 g/mol. The molecule has 0 amide bonds. The van der Waals surface area contributed by atoms with Gasteiger partial charge in [0.15, 0.2) is 5.16 Å². The predicted octanol–water partition coefficient (Wildman–Crippen LogP) is 1.64. The van der Waals surface area contributed by atoms with Crippen molar-refractivity contribution < 1.29 is 0 Å². The van der Waals surface area contributed by atoms with E-state index < -0.39 is 0 Å². The molecule has 0 aliphatic rings. The second-order valence-electron chi connectivity index (χ2n) is 3.61. The summed E-state index contributed by atoms with van der Waals surface area (Å²) in [5.74, 6) is 0.934. The number of nitrogens with one attached hydrogen (secondary N) is 2. The first-order chi connectivity index (χ1) is 7.76. The molecule has 1 atom stereocenters. The minimum absolute atomic E-state index is 0.0907. The molecule has 2 N–H and O–H groups in total. The van der Waals surface area contributed by atoms with Crippen LogP contribution < -0.4 is 10.9 Å². The number of nitrogens with zero attached hydrogens (tertiary/aromatic N) is 1. The van der Waals surface area contributed by atoms with Crippen molar-refractivity contribution in [3.63, 3.8) is 0 Å². The first-order valence-electron chi connectivity index (χ1n) is 5.67. The second-order valence-corrected chi connectivity index (χ2v) is 4.62. The average molecular weight is 241 g/mol. The Hall–Kier alpha value is -0.810. The van der Waals surface area contributed by atoms with E-state index in [4.69, 9.17) is 0 Å². The highest BCUT2D eigenvalue weighted by Gasteiger charge is 2.06. The number of aromatic nitrogens is 2. The van der Waals surface area contributed by atoms with Gasteiger partial charge in [-0.2, -0.15) is 0 Å². The van der Waals surface area contributed by atoms with Crippen LogP contribution in [-0.4, -0.2) is 28.3 Å². The van der Waals surface area contributed by atoms with E-state index in [9.17, 15) is 4.79 Å². The van der Waals surface area contributed by atoms with E-state index in [1.54, 1.807) is 18.0 Å². The molecule has 0 saturated heterocycles. The molecule has 5 heteroatoms. The molecule has 1 aromatic heterocycles. The van der Waals surface area contributed by atoms with Crippen LogP contribution in [0.1, 0.15) is 26.7 Å². The van der Waals surface area contributed by atoms with Crippen LogP contribution >= 0.6 is 11.8 Å². The fourth-order valence-electron chi connectivity index (χ4n) is 1.27. The van der Waals surface area contributed by atoms with Crippen molar-refractivity contribution in [1.29, 1.82) is 0 Å². The molecule has 0 radical (unpaired) electrons. The van der Waals surface area contributed by atoms with Gasteiger partial charge in [0.05, 0.1) is 0 Å². The molecule has 0 spiro atoms. The molecule has 1 aromatic rings. The van der Waals surface area contributed by atoms with Gasteiger partial charge in [0, 0.05) is 24.1 Å². The van der Waals surface area contributed by atoms with Crippen molar-refractivity contribution in [1.82, 2.24) is 15.3 Å². The zero-order chi connectivity index (χ0) is 11.8. The quantitative estimate of drug-likeness (QED) is 0.563. The minimum atomic E-state index is -0.0907. The third-order valence-corrected chi connectivity index (χ3v) is 3.29. The minimum Gasteiger partial charge on any atom is -0.313 e. The van der Waals surface area contributed by atoms with E-state index in [-0.39, 0.29) is 5.56 Å². The molecule has 0 aromatic carbocycles. The van der Waals surface area contributed by atoms with Crippen LogP contribution in [-0.2, 0) is 0 Å². The van der Waals surface area contributed by atoms with Gasteiger partial charge in [-0.25, -0.2) is 4.98 Å². The summed E-state index contributed by atoms with van der Waals surface area (Å²) in [6.45, 7) is 5.36. The van der Waals surface area contributed by atoms with Gasteiger partial charge in [-0.3, -0.25) is 4.79 Å². The predicted molar refractivity (Wildman–Crippen MR) is 68.0 cm³/mol. The van der Waals surface area contributed by atoms with Crippen LogP contribution in [0.3, 0.4) is 0 Å². The SMILES string of the molecule is CCCNC(CC)CSc1nccc(=O)[nH]1. The first-order valence-corrected chi connectivity index (χ1v) is 6.66. The molecule has 4 nitrogen and oxygen atoms in total. The molecule has 0 fully saturated rings. The van der Waals surface area contributed by atoms with E-state index in [1.807, 2.05) is 0 Å². The van der Waals surface area contributed by atoms with Crippen LogP contribution in [0.25, 0.3) is 0 Å². The van der Waals surface area contributed by atoms with Crippen LogP contribution in [0.5, 0.6) is 0 Å². The maximum atomic E-state index is 11.1. The van der Waals surface area contributed by atoms with Gasteiger partial charge in [-0.1, -0.05) is 25.6 Å². The second kappa shape index (κ2) is 7.46. The van der Waals surface area contributed by atoms with E-state index in [0.29, 0.717) is 11.2 Å². The molecular weight excluding hydrogens is 222 g/mol. The Morgan fingerprint density at radius 3 is 3.00 bits per heavy atom. The largest absolute Gasteiger partial charge is 0.313 e. The average Bonchev–Trinajstić information content (AvgIpc) is 2.29. The van der Waals surface area contributed by atoms with Crippen LogP contribution in [0, 0.1) is 0 Å². The standard InChI is InChI=1S/C11H19N3OS/c1-3-6-12-9(4-2)8-16-11-13-7-5-10(15)14-11/h5,7,9,12H,3-4,6,8H2,1-2H3,(H,13,14,15). The summed E-state index contributed by atoms with van der Waals surface area (Å²) in [7, 11) is 0. The van der Waals surface area contributed by atoms with Crippen molar-refractivity contribution in [3.05, 3.63) is 22.6 Å². The van der Waals surface area contributed by atoms with Gasteiger partial charge >= 0.3 is 0 Å². The molecule has 90 valence electrons. The lowest BCUT2D eigenvalue weighted by atomic mass is 10.2. The number of hydrogen-bond donors (Lipinski definition) is 2. The summed E-state index contributed by atoms with van der Waals surface area (Å²) in [5.41, 5.74) is -0.0907. The molecule has 0 aliphatic heterocycles. The zero-order valence-electron chi connectivity index (χ0n) is 9.82. The van der Waals surface area contributed by atoms with Crippen LogP contribution in [0.2, 0.25) is 0 Å². The lowest BCUT2D eigenvalue weighted by molar-refractivity contribution is 0.539. The molecule has 1 rings (SSSR count). The van der Waals surface area contributed by atoms with E-state index >= 15 is 0 Å². The zero-order valence-corrected chi connectivity index (χ0v) is 10.6. The van der Waals surface area contributed by atoms with E-state index in [2.05, 4.69) is 29.1 Å². The topological polar surface area (TPSA) is 57.8 Å². The highest BCUT2D eigenvalue weighted by atomic mass is 32.2. The van der Waals surface area contributed by atoms with E-state index in [1.165, 1.54) is 6.07 Å². The summed E-state index contributed by atoms with van der Waals surface area (Å²) >= 11 is 1.59. The molecule has 0 aliphatic carbocycles. The smallest absolute Gasteiger partial charge is 0.251 e. The summed E-state index contributed by atoms with van der Waals surface area (Å²) in [4.78, 5) is 17.9. The molecule has 1 heterocycles. The summed E-state index contributed by atoms with van der Waals surface area (Å²) in [5, 5.41) is 4.16. The number of thioether (sulfide) groups is 1. The lowest BCUT2D eigenvalue weighted by Crippen LogP contribution is -2.31. The fourth-order valence-corrected chi connectivity index (χ4v) is 2.30. The van der Waals surface area contributed by atoms with Crippen molar-refractivity contribution in [2.45, 2.75) is 37.9 Å². The lowest BCUT2D eigenvalue weighted by Gasteiger charge is -2.15. The highest BCUT2D eigenvalue weighted by Crippen LogP contribution is 2.12. The van der Waals surface area contributed by atoms with Crippen molar-refractivity contribution in [2.24, 2.45) is 0 Å².